The van der Waals surface area contributed by atoms with Crippen LogP contribution in [0.3, 0.4) is 0 Å². The molecule has 0 spiro atoms. The van der Waals surface area contributed by atoms with Gasteiger partial charge in [0.15, 0.2) is 5.78 Å². The number of urea groups is 1. The van der Waals surface area contributed by atoms with Gasteiger partial charge >= 0.3 is 6.03 Å². The summed E-state index contributed by atoms with van der Waals surface area (Å²) in [6.45, 7) is 8.05. The molecule has 1 heterocycles. The number of nitrogens with one attached hydrogen (secondary N) is 1. The molecule has 1 fully saturated rings. The van der Waals surface area contributed by atoms with Gasteiger partial charge in [-0.3, -0.25) is 4.79 Å². The van der Waals surface area contributed by atoms with Crippen LogP contribution in [0.1, 0.15) is 24.2 Å². The van der Waals surface area contributed by atoms with Crippen molar-refractivity contribution in [3.63, 3.8) is 0 Å². The van der Waals surface area contributed by atoms with Crippen LogP contribution in [-0.2, 0) is 0 Å². The zero-order valence-electron chi connectivity index (χ0n) is 12.1. The predicted molar refractivity (Wildman–Crippen MR) is 79.2 cm³/mol. The van der Waals surface area contributed by atoms with E-state index in [2.05, 4.69) is 17.1 Å². The number of carbonyl (C=O) groups excluding carboxylic acids is 2. The number of benzene rings is 1. The fraction of sp³-hybridized carbons (Fsp3) is 0.467. The van der Waals surface area contributed by atoms with E-state index < -0.39 is 0 Å². The molecule has 0 atom stereocenters. The normalized spacial score (nSPS) is 16.0. The van der Waals surface area contributed by atoms with Crippen molar-refractivity contribution in [1.29, 1.82) is 0 Å². The number of likely N-dealkylation sites (N-methyl/N-ethyl adjacent to an activating group) is 1. The Balaban J connectivity index is 1.90. The fourth-order valence-electron chi connectivity index (χ4n) is 2.26. The van der Waals surface area contributed by atoms with Crippen molar-refractivity contribution in [2.45, 2.75) is 13.8 Å². The Bertz CT molecular complexity index is 476. The number of carbonyl (C=O) groups is 2. The standard InChI is InChI=1S/C15H21N3O2/c1-3-17-8-10-18(11-9-17)15(20)16-14-6-4-13(5-7-14)12(2)19/h4-7H,3,8-11H2,1-2H3,(H,16,20). The van der Waals surface area contributed by atoms with Gasteiger partial charge in [-0.1, -0.05) is 6.92 Å². The van der Waals surface area contributed by atoms with Gasteiger partial charge in [-0.2, -0.15) is 0 Å². The van der Waals surface area contributed by atoms with E-state index >= 15 is 0 Å². The summed E-state index contributed by atoms with van der Waals surface area (Å²) in [5, 5.41) is 2.87. The molecule has 0 aromatic heterocycles. The van der Waals surface area contributed by atoms with Gasteiger partial charge < -0.3 is 15.1 Å². The van der Waals surface area contributed by atoms with E-state index in [4.69, 9.17) is 0 Å². The molecular weight excluding hydrogens is 254 g/mol. The van der Waals surface area contributed by atoms with Crippen molar-refractivity contribution >= 4 is 17.5 Å². The summed E-state index contributed by atoms with van der Waals surface area (Å²) in [6.07, 6.45) is 0. The number of ketones is 1. The first-order chi connectivity index (χ1) is 9.60. The first kappa shape index (κ1) is 14.5. The summed E-state index contributed by atoms with van der Waals surface area (Å²) in [7, 11) is 0. The van der Waals surface area contributed by atoms with E-state index in [0.29, 0.717) is 5.56 Å². The lowest BCUT2D eigenvalue weighted by atomic mass is 10.1. The molecule has 1 saturated heterocycles. The van der Waals surface area contributed by atoms with Crippen molar-refractivity contribution in [3.05, 3.63) is 29.8 Å². The van der Waals surface area contributed by atoms with Gasteiger partial charge in [-0.05, 0) is 37.7 Å². The van der Waals surface area contributed by atoms with Crippen LogP contribution in [0.2, 0.25) is 0 Å². The van der Waals surface area contributed by atoms with Crippen molar-refractivity contribution < 1.29 is 9.59 Å². The number of hydrogen-bond acceptors (Lipinski definition) is 3. The molecule has 5 nitrogen and oxygen atoms in total. The largest absolute Gasteiger partial charge is 0.322 e. The van der Waals surface area contributed by atoms with Crippen LogP contribution >= 0.6 is 0 Å². The molecule has 1 aromatic carbocycles. The highest BCUT2D eigenvalue weighted by atomic mass is 16.2. The van der Waals surface area contributed by atoms with E-state index in [0.717, 1.165) is 38.4 Å². The van der Waals surface area contributed by atoms with Gasteiger partial charge in [0.1, 0.15) is 0 Å². The van der Waals surface area contributed by atoms with Crippen molar-refractivity contribution in [2.24, 2.45) is 0 Å². The van der Waals surface area contributed by atoms with E-state index in [1.807, 2.05) is 4.90 Å². The molecule has 0 bridgehead atoms. The van der Waals surface area contributed by atoms with Crippen LogP contribution in [0.5, 0.6) is 0 Å². The van der Waals surface area contributed by atoms with E-state index in [1.165, 1.54) is 6.92 Å². The van der Waals surface area contributed by atoms with Crippen LogP contribution in [-0.4, -0.2) is 54.3 Å². The summed E-state index contributed by atoms with van der Waals surface area (Å²) >= 11 is 0. The minimum Gasteiger partial charge on any atom is -0.322 e. The molecule has 20 heavy (non-hydrogen) atoms. The first-order valence-corrected chi connectivity index (χ1v) is 6.99. The highest BCUT2D eigenvalue weighted by molar-refractivity contribution is 5.95. The summed E-state index contributed by atoms with van der Waals surface area (Å²) in [4.78, 5) is 27.4. The maximum atomic E-state index is 12.1. The second-order valence-electron chi connectivity index (χ2n) is 4.98. The van der Waals surface area contributed by atoms with E-state index in [9.17, 15) is 9.59 Å². The Morgan fingerprint density at radius 3 is 2.20 bits per heavy atom. The highest BCUT2D eigenvalue weighted by Crippen LogP contribution is 2.11. The number of anilines is 1. The molecular formula is C15H21N3O2. The van der Waals surface area contributed by atoms with Crippen molar-refractivity contribution in [3.8, 4) is 0 Å². The Morgan fingerprint density at radius 1 is 1.10 bits per heavy atom. The third-order valence-corrected chi connectivity index (χ3v) is 3.65. The number of hydrogen-bond donors (Lipinski definition) is 1. The summed E-state index contributed by atoms with van der Waals surface area (Å²) in [5.74, 6) is 0.0264. The average molecular weight is 275 g/mol. The molecule has 5 heteroatoms. The van der Waals surface area contributed by atoms with Gasteiger partial charge in [0.05, 0.1) is 0 Å². The quantitative estimate of drug-likeness (QED) is 0.859. The number of rotatable bonds is 3. The molecule has 2 amide bonds. The minimum atomic E-state index is -0.0728. The van der Waals surface area contributed by atoms with Crippen molar-refractivity contribution in [1.82, 2.24) is 9.80 Å². The number of piperazine rings is 1. The average Bonchev–Trinajstić information content (AvgIpc) is 2.48. The lowest BCUT2D eigenvalue weighted by Crippen LogP contribution is -2.49. The van der Waals surface area contributed by atoms with Crippen LogP contribution in [0, 0.1) is 0 Å². The van der Waals surface area contributed by atoms with Crippen LogP contribution < -0.4 is 5.32 Å². The fourth-order valence-corrected chi connectivity index (χ4v) is 2.26. The third kappa shape index (κ3) is 3.57. The Labute approximate surface area is 119 Å². The van der Waals surface area contributed by atoms with E-state index in [-0.39, 0.29) is 11.8 Å². The summed E-state index contributed by atoms with van der Waals surface area (Å²) < 4.78 is 0. The number of Topliss-reactive ketones (excluding diaryl/α,β-unsaturated/α-hetero) is 1. The Hall–Kier alpha value is -1.88. The topological polar surface area (TPSA) is 52.6 Å². The number of amides is 2. The smallest absolute Gasteiger partial charge is 0.321 e. The maximum absolute atomic E-state index is 12.1. The maximum Gasteiger partial charge on any atom is 0.321 e. The second kappa shape index (κ2) is 6.52. The SMILES string of the molecule is CCN1CCN(C(=O)Nc2ccc(C(C)=O)cc2)CC1. The van der Waals surface area contributed by atoms with Crippen LogP contribution in [0.15, 0.2) is 24.3 Å². The molecule has 1 N–H and O–H groups in total. The molecule has 1 aromatic rings. The van der Waals surface area contributed by atoms with Gasteiger partial charge in [-0.25, -0.2) is 4.79 Å². The predicted octanol–water partition coefficient (Wildman–Crippen LogP) is 2.06. The van der Waals surface area contributed by atoms with E-state index in [1.54, 1.807) is 24.3 Å². The van der Waals surface area contributed by atoms with Gasteiger partial charge in [0.2, 0.25) is 0 Å². The third-order valence-electron chi connectivity index (χ3n) is 3.65. The lowest BCUT2D eigenvalue weighted by molar-refractivity contribution is 0.101. The molecule has 0 saturated carbocycles. The zero-order valence-corrected chi connectivity index (χ0v) is 12.1. The molecule has 108 valence electrons. The lowest BCUT2D eigenvalue weighted by Gasteiger charge is -2.33. The monoisotopic (exact) mass is 275 g/mol. The van der Waals surface area contributed by atoms with Gasteiger partial charge in [0, 0.05) is 37.4 Å². The molecule has 1 aliphatic rings. The van der Waals surface area contributed by atoms with Gasteiger partial charge in [-0.15, -0.1) is 0 Å². The molecule has 0 radical (unpaired) electrons. The highest BCUT2D eigenvalue weighted by Gasteiger charge is 2.19. The molecule has 0 aliphatic carbocycles. The van der Waals surface area contributed by atoms with Crippen LogP contribution in [0.25, 0.3) is 0 Å². The van der Waals surface area contributed by atoms with Crippen LogP contribution in [0.4, 0.5) is 10.5 Å². The summed E-state index contributed by atoms with van der Waals surface area (Å²) in [5.41, 5.74) is 1.37. The minimum absolute atomic E-state index is 0.0264. The first-order valence-electron chi connectivity index (χ1n) is 6.99. The van der Waals surface area contributed by atoms with Gasteiger partial charge in [0.25, 0.3) is 0 Å². The molecule has 0 unspecified atom stereocenters. The zero-order chi connectivity index (χ0) is 14.5. The second-order valence-corrected chi connectivity index (χ2v) is 4.98. The van der Waals surface area contributed by atoms with Crippen molar-refractivity contribution in [2.75, 3.05) is 38.0 Å². The Morgan fingerprint density at radius 2 is 1.70 bits per heavy atom. The molecule has 2 rings (SSSR count). The Kier molecular flexibility index (Phi) is 4.74. The number of nitrogens with zero attached hydrogens (tertiary/aromatic N) is 2. The molecule has 1 aliphatic heterocycles. The summed E-state index contributed by atoms with van der Waals surface area (Å²) in [6, 6.07) is 6.91.